The van der Waals surface area contributed by atoms with Gasteiger partial charge in [-0.05, 0) is 94.6 Å². The van der Waals surface area contributed by atoms with Gasteiger partial charge in [-0.3, -0.25) is 4.68 Å². The Morgan fingerprint density at radius 2 is 1.58 bits per heavy atom. The molecule has 0 amide bonds. The Morgan fingerprint density at radius 3 is 2.38 bits per heavy atom. The zero-order valence-electron chi connectivity index (χ0n) is 31.3. The third-order valence-corrected chi connectivity index (χ3v) is 10.6. The average Bonchev–Trinajstić information content (AvgIpc) is 3.89. The van der Waals surface area contributed by atoms with Gasteiger partial charge in [0, 0.05) is 64.9 Å². The van der Waals surface area contributed by atoms with Gasteiger partial charge in [0.15, 0.2) is 11.4 Å². The van der Waals surface area contributed by atoms with Crippen molar-refractivity contribution in [3.8, 4) is 0 Å². The second-order valence-corrected chi connectivity index (χ2v) is 14.8. The molecule has 5 heterocycles. The minimum atomic E-state index is -4.14. The molecule has 0 unspecified atom stereocenters. The van der Waals surface area contributed by atoms with Gasteiger partial charge in [-0.25, -0.2) is 0 Å². The van der Waals surface area contributed by atoms with Gasteiger partial charge in [0.05, 0.1) is 24.9 Å². The Balaban J connectivity index is 1.13. The molecule has 3 aromatic carbocycles. The molecule has 8 nitrogen and oxygen atoms in total. The van der Waals surface area contributed by atoms with Crippen molar-refractivity contribution in [2.24, 2.45) is 0 Å². The van der Waals surface area contributed by atoms with E-state index in [4.69, 9.17) is 0 Å². The molecule has 8 rings (SSSR count). The predicted molar refractivity (Wildman–Crippen MR) is 212 cm³/mol. The first-order valence-electron chi connectivity index (χ1n) is 18.3. The van der Waals surface area contributed by atoms with Gasteiger partial charge in [0.1, 0.15) is 5.69 Å². The first kappa shape index (κ1) is 34.7. The summed E-state index contributed by atoms with van der Waals surface area (Å²) in [5.74, 6) is 0. The Bertz CT molecular complexity index is 2500. The van der Waals surface area contributed by atoms with Crippen LogP contribution in [0.15, 0.2) is 108 Å². The number of para-hydroxylation sites is 1. The van der Waals surface area contributed by atoms with Crippen molar-refractivity contribution in [2.75, 3.05) is 40.8 Å². The largest absolute Gasteiger partial charge is 0.737 e. The van der Waals surface area contributed by atoms with Gasteiger partial charge >= 0.3 is 6.97 Å². The summed E-state index contributed by atoms with van der Waals surface area (Å²) in [4.78, 5) is 4.49. The van der Waals surface area contributed by atoms with Gasteiger partial charge in [0.25, 0.3) is 0 Å². The van der Waals surface area contributed by atoms with Crippen molar-refractivity contribution < 1.29 is 13.1 Å². The van der Waals surface area contributed by atoms with Crippen molar-refractivity contribution in [3.63, 3.8) is 0 Å². The van der Waals surface area contributed by atoms with Crippen LogP contribution in [0.5, 0.6) is 0 Å². The number of hydrogen-bond donors (Lipinski definition) is 0. The lowest BCUT2D eigenvalue weighted by Crippen LogP contribution is -2.51. The molecular formula is C42H45BF2N8. The van der Waals surface area contributed by atoms with Crippen LogP contribution in [-0.4, -0.2) is 91.8 Å². The van der Waals surface area contributed by atoms with Crippen LogP contribution in [0.3, 0.4) is 0 Å². The number of aromatic nitrogens is 5. The van der Waals surface area contributed by atoms with E-state index in [9.17, 15) is 0 Å². The Morgan fingerprint density at radius 1 is 0.830 bits per heavy atom. The van der Waals surface area contributed by atoms with Crippen LogP contribution in [0, 0.1) is 13.8 Å². The molecule has 2 aliphatic rings. The number of halogens is 2. The van der Waals surface area contributed by atoms with E-state index in [1.165, 1.54) is 8.96 Å². The summed E-state index contributed by atoms with van der Waals surface area (Å²) in [5, 5.41) is 11.2. The molecule has 0 atom stereocenters. The van der Waals surface area contributed by atoms with E-state index < -0.39 is 6.97 Å². The molecule has 11 heteroatoms. The molecular weight excluding hydrogens is 665 g/mol. The van der Waals surface area contributed by atoms with Crippen LogP contribution in [0.1, 0.15) is 40.7 Å². The smallest absolute Gasteiger partial charge is 0.393 e. The first-order chi connectivity index (χ1) is 25.5. The fraction of sp³-hybridized carbons (Fsp3) is 0.262. The summed E-state index contributed by atoms with van der Waals surface area (Å²) in [6.07, 6.45) is 7.71. The normalized spacial score (nSPS) is 15.5. The number of likely N-dealkylation sites (N-methyl/N-ethyl adjacent to an activating group) is 2. The topological polar surface area (TPSA) is 50.1 Å². The van der Waals surface area contributed by atoms with Gasteiger partial charge in [-0.15, -0.1) is 5.10 Å². The van der Waals surface area contributed by atoms with Crippen LogP contribution < -0.4 is 0 Å². The minimum absolute atomic E-state index is 0.474. The second-order valence-electron chi connectivity index (χ2n) is 14.8. The van der Waals surface area contributed by atoms with Gasteiger partial charge < -0.3 is 32.0 Å². The molecule has 0 saturated heterocycles. The monoisotopic (exact) mass is 710 g/mol. The van der Waals surface area contributed by atoms with E-state index in [2.05, 4.69) is 88.3 Å². The number of hydrogen-bond acceptors (Lipinski definition) is 4. The number of fused-ring (bicyclic) bond motifs is 5. The fourth-order valence-corrected chi connectivity index (χ4v) is 8.07. The zero-order valence-corrected chi connectivity index (χ0v) is 31.3. The van der Waals surface area contributed by atoms with Crippen molar-refractivity contribution in [1.82, 2.24) is 33.8 Å². The third kappa shape index (κ3) is 6.17. The highest BCUT2D eigenvalue weighted by molar-refractivity contribution is 6.58. The van der Waals surface area contributed by atoms with E-state index in [-0.39, 0.29) is 0 Å². The van der Waals surface area contributed by atoms with E-state index in [1.54, 1.807) is 6.92 Å². The molecule has 270 valence electrons. The standard InChI is InChI=1S/C42H45BF2N8/c1-29-24-31(3)52-41(29)40(33-12-8-7-9-13-33)42-30(2)25-35(53(42)43(52,44)45)18-16-32-17-19-39-37(26-32)36-14-10-11-15-38(36)51(39)28-34-27-50(47-46-34)23-22-49(6)21-20-48(4)5/h7-19,24-27H,20-23,28H2,1-6H3/b18-16+. The average molecular weight is 711 g/mol. The van der Waals surface area contributed by atoms with Crippen molar-refractivity contribution in [1.29, 1.82) is 0 Å². The van der Waals surface area contributed by atoms with Crippen molar-refractivity contribution in [2.45, 2.75) is 33.9 Å². The van der Waals surface area contributed by atoms with Crippen molar-refractivity contribution >= 4 is 46.1 Å². The maximum Gasteiger partial charge on any atom is 0.737 e. The molecule has 0 spiro atoms. The summed E-state index contributed by atoms with van der Waals surface area (Å²) >= 11 is 0. The van der Waals surface area contributed by atoms with Crippen LogP contribution in [0.2, 0.25) is 0 Å². The lowest BCUT2D eigenvalue weighted by atomic mass is 9.84. The molecule has 0 fully saturated rings. The van der Waals surface area contributed by atoms with E-state index in [0.717, 1.165) is 81.5 Å². The highest BCUT2D eigenvalue weighted by atomic mass is 19.2. The van der Waals surface area contributed by atoms with E-state index >= 15 is 8.63 Å². The van der Waals surface area contributed by atoms with E-state index in [1.807, 2.05) is 79.4 Å². The number of allylic oxidation sites excluding steroid dienone is 3. The van der Waals surface area contributed by atoms with E-state index in [0.29, 0.717) is 29.3 Å². The Kier molecular flexibility index (Phi) is 8.87. The molecule has 0 bridgehead atoms. The summed E-state index contributed by atoms with van der Waals surface area (Å²) in [7, 11) is 6.31. The van der Waals surface area contributed by atoms with Crippen LogP contribution in [-0.2, 0) is 13.1 Å². The third-order valence-electron chi connectivity index (χ3n) is 10.6. The number of benzene rings is 3. The lowest BCUT2D eigenvalue weighted by Gasteiger charge is -2.34. The number of aryl methyl sites for hydroxylation is 2. The van der Waals surface area contributed by atoms with Crippen LogP contribution >= 0.6 is 0 Å². The minimum Gasteiger partial charge on any atom is -0.393 e. The Hall–Kier alpha value is -5.39. The molecule has 6 aromatic rings. The van der Waals surface area contributed by atoms with Crippen LogP contribution in [0.25, 0.3) is 33.5 Å². The molecule has 0 radical (unpaired) electrons. The summed E-state index contributed by atoms with van der Waals surface area (Å²) in [6, 6.07) is 26.5. The second kappa shape index (κ2) is 13.5. The zero-order chi connectivity index (χ0) is 37.0. The highest BCUT2D eigenvalue weighted by Gasteiger charge is 2.55. The molecule has 0 saturated carbocycles. The SMILES string of the molecule is CC1=CC(/C=C/c2ccc3c(c2)c2ccccc2n3Cc2cn(CCN(C)CCN(C)C)nn2)=[N+]2C1=C(c1ccccc1)c1c(C)cc(C)n1[B-]2(F)F. The quantitative estimate of drug-likeness (QED) is 0.131. The summed E-state index contributed by atoms with van der Waals surface area (Å²) in [5.41, 5.74) is 9.64. The summed E-state index contributed by atoms with van der Waals surface area (Å²) < 4.78 is 40.3. The lowest BCUT2D eigenvalue weighted by molar-refractivity contribution is -0.362. The summed E-state index contributed by atoms with van der Waals surface area (Å²) in [6.45, 7) is 5.75. The number of rotatable bonds is 11. The van der Waals surface area contributed by atoms with Gasteiger partial charge in [-0.2, -0.15) is 0 Å². The molecule has 3 aromatic heterocycles. The number of nitrogens with zero attached hydrogens (tertiary/aromatic N) is 8. The Labute approximate surface area is 309 Å². The molecule has 2 aliphatic heterocycles. The predicted octanol–water partition coefficient (Wildman–Crippen LogP) is 7.47. The maximum atomic E-state index is 16.8. The van der Waals surface area contributed by atoms with Crippen molar-refractivity contribution in [3.05, 3.63) is 142 Å². The maximum absolute atomic E-state index is 16.8. The fourth-order valence-electron chi connectivity index (χ4n) is 8.07. The first-order valence-corrected chi connectivity index (χ1v) is 18.3. The van der Waals surface area contributed by atoms with Gasteiger partial charge in [0.2, 0.25) is 0 Å². The highest BCUT2D eigenvalue weighted by Crippen LogP contribution is 2.44. The molecule has 53 heavy (non-hydrogen) atoms. The molecule has 0 aliphatic carbocycles. The van der Waals surface area contributed by atoms with Crippen LogP contribution in [0.4, 0.5) is 8.63 Å². The van der Waals surface area contributed by atoms with Gasteiger partial charge in [-0.1, -0.05) is 59.8 Å². The molecule has 0 N–H and O–H groups in total.